The summed E-state index contributed by atoms with van der Waals surface area (Å²) in [5, 5.41) is 0.908. The maximum atomic E-state index is 11.4. The fourth-order valence-corrected chi connectivity index (χ4v) is 5.38. The predicted molar refractivity (Wildman–Crippen MR) is 134 cm³/mol. The zero-order valence-electron chi connectivity index (χ0n) is 18.2. The van der Waals surface area contributed by atoms with Crippen LogP contribution in [0.5, 0.6) is 5.75 Å². The summed E-state index contributed by atoms with van der Waals surface area (Å²) in [5.74, 6) is 0.504. The molecule has 0 spiro atoms. The standard InChI is InChI=1S/C25H19N3O4S2/c1-26-19-9-10-22-20(15-19)28(12-13-34(29,30)31)24(32-22)16-25-27(2)21-14-18(8-11-23(21)33-25)17-6-4-3-5-7-17/h3-11,14-16H,12-13H2,2H3/p+1. The topological polar surface area (TPSA) is 75.1 Å². The molecule has 0 aliphatic carbocycles. The first-order valence-corrected chi connectivity index (χ1v) is 12.9. The Morgan fingerprint density at radius 1 is 1.12 bits per heavy atom. The highest BCUT2D eigenvalue weighted by atomic mass is 32.2. The van der Waals surface area contributed by atoms with Gasteiger partial charge in [-0.25, -0.2) is 4.85 Å². The van der Waals surface area contributed by atoms with Crippen LogP contribution in [0, 0.1) is 6.57 Å². The van der Waals surface area contributed by atoms with Crippen LogP contribution in [-0.4, -0.2) is 25.3 Å². The summed E-state index contributed by atoms with van der Waals surface area (Å²) in [6.07, 6.45) is 1.86. The molecule has 4 aromatic rings. The van der Waals surface area contributed by atoms with Crippen LogP contribution in [0.25, 0.3) is 32.3 Å². The van der Waals surface area contributed by atoms with Gasteiger partial charge in [0.05, 0.1) is 24.1 Å². The molecule has 3 aromatic carbocycles. The van der Waals surface area contributed by atoms with Crippen molar-refractivity contribution in [3.05, 3.63) is 89.0 Å². The average Bonchev–Trinajstić information content (AvgIpc) is 3.33. The second kappa shape index (κ2) is 8.57. The second-order valence-corrected chi connectivity index (χ2v) is 10.5. The SMILES string of the molecule is [C-]#[N+]c1ccc2c(c1)N(CCS(=O)(=O)O)/C(=C/c1sc3ccc(-c4ccccc4)cc3[n+]1C)O2. The van der Waals surface area contributed by atoms with Crippen LogP contribution in [0.2, 0.25) is 0 Å². The minimum Gasteiger partial charge on any atom is -0.438 e. The van der Waals surface area contributed by atoms with E-state index in [1.54, 1.807) is 34.4 Å². The summed E-state index contributed by atoms with van der Waals surface area (Å²) >= 11 is 1.59. The van der Waals surface area contributed by atoms with E-state index in [0.717, 1.165) is 26.4 Å². The highest BCUT2D eigenvalue weighted by Crippen LogP contribution is 2.42. The van der Waals surface area contributed by atoms with Gasteiger partial charge in [-0.05, 0) is 29.3 Å². The number of anilines is 1. The Labute approximate surface area is 201 Å². The summed E-state index contributed by atoms with van der Waals surface area (Å²) in [4.78, 5) is 5.13. The van der Waals surface area contributed by atoms with Crippen molar-refractivity contribution in [2.75, 3.05) is 17.2 Å². The average molecular weight is 491 g/mol. The molecule has 0 radical (unpaired) electrons. The van der Waals surface area contributed by atoms with Gasteiger partial charge in [0, 0.05) is 12.6 Å². The highest BCUT2D eigenvalue weighted by Gasteiger charge is 2.29. The highest BCUT2D eigenvalue weighted by molar-refractivity contribution is 7.85. The van der Waals surface area contributed by atoms with Crippen molar-refractivity contribution in [3.8, 4) is 16.9 Å². The number of hydrogen-bond donors (Lipinski definition) is 1. The van der Waals surface area contributed by atoms with E-state index in [2.05, 4.69) is 39.7 Å². The van der Waals surface area contributed by atoms with Crippen molar-refractivity contribution in [2.24, 2.45) is 7.05 Å². The molecule has 2 heterocycles. The largest absolute Gasteiger partial charge is 0.438 e. The Morgan fingerprint density at radius 2 is 1.91 bits per heavy atom. The van der Waals surface area contributed by atoms with Gasteiger partial charge >= 0.3 is 0 Å². The third-order valence-corrected chi connectivity index (χ3v) is 7.50. The lowest BCUT2D eigenvalue weighted by Crippen LogP contribution is -2.31. The van der Waals surface area contributed by atoms with E-state index >= 15 is 0 Å². The Kier molecular flexibility index (Phi) is 5.57. The summed E-state index contributed by atoms with van der Waals surface area (Å²) in [5.41, 5.74) is 4.33. The van der Waals surface area contributed by atoms with Gasteiger partial charge in [-0.1, -0.05) is 53.8 Å². The van der Waals surface area contributed by atoms with Crippen molar-refractivity contribution in [2.45, 2.75) is 0 Å². The van der Waals surface area contributed by atoms with E-state index in [1.807, 2.05) is 31.3 Å². The van der Waals surface area contributed by atoms with E-state index in [9.17, 15) is 13.0 Å². The zero-order chi connectivity index (χ0) is 23.9. The minimum absolute atomic E-state index is 0.00805. The monoisotopic (exact) mass is 490 g/mol. The maximum absolute atomic E-state index is 11.4. The van der Waals surface area contributed by atoms with Crippen LogP contribution in [-0.2, 0) is 17.2 Å². The van der Waals surface area contributed by atoms with Crippen molar-refractivity contribution in [1.29, 1.82) is 0 Å². The fourth-order valence-electron chi connectivity index (χ4n) is 3.91. The van der Waals surface area contributed by atoms with Gasteiger partial charge in [-0.15, -0.1) is 0 Å². The molecule has 1 aliphatic heterocycles. The maximum Gasteiger partial charge on any atom is 0.267 e. The molecule has 1 aromatic heterocycles. The molecule has 1 N–H and O–H groups in total. The zero-order valence-corrected chi connectivity index (χ0v) is 19.8. The number of thiazole rings is 1. The van der Waals surface area contributed by atoms with Gasteiger partial charge in [0.2, 0.25) is 11.4 Å². The number of nitrogens with zero attached hydrogens (tertiary/aromatic N) is 3. The Morgan fingerprint density at radius 3 is 2.65 bits per heavy atom. The third-order valence-electron chi connectivity index (χ3n) is 5.64. The number of ether oxygens (including phenoxy) is 1. The van der Waals surface area contributed by atoms with Crippen LogP contribution < -0.4 is 14.2 Å². The molecule has 0 saturated carbocycles. The van der Waals surface area contributed by atoms with E-state index in [0.29, 0.717) is 23.0 Å². The number of aromatic nitrogens is 1. The molecule has 0 atom stereocenters. The first-order valence-electron chi connectivity index (χ1n) is 10.4. The molecule has 34 heavy (non-hydrogen) atoms. The predicted octanol–water partition coefficient (Wildman–Crippen LogP) is 5.03. The lowest BCUT2D eigenvalue weighted by molar-refractivity contribution is -0.642. The first-order chi connectivity index (χ1) is 16.3. The molecule has 1 aliphatic rings. The summed E-state index contributed by atoms with van der Waals surface area (Å²) < 4.78 is 41.4. The van der Waals surface area contributed by atoms with E-state index in [1.165, 1.54) is 0 Å². The normalized spacial score (nSPS) is 14.3. The molecular formula is C25H20N3O4S2+. The van der Waals surface area contributed by atoms with Crippen LogP contribution >= 0.6 is 11.3 Å². The van der Waals surface area contributed by atoms with Crippen LogP contribution in [0.15, 0.2) is 72.6 Å². The van der Waals surface area contributed by atoms with Crippen molar-refractivity contribution < 1.29 is 22.3 Å². The van der Waals surface area contributed by atoms with Crippen LogP contribution in [0.1, 0.15) is 5.01 Å². The van der Waals surface area contributed by atoms with Gasteiger partial charge in [-0.2, -0.15) is 13.0 Å². The lowest BCUT2D eigenvalue weighted by atomic mass is 10.1. The van der Waals surface area contributed by atoms with Crippen molar-refractivity contribution in [1.82, 2.24) is 0 Å². The number of benzene rings is 3. The van der Waals surface area contributed by atoms with Crippen molar-refractivity contribution in [3.63, 3.8) is 0 Å². The Bertz CT molecular complexity index is 1590. The van der Waals surface area contributed by atoms with Crippen molar-refractivity contribution >= 4 is 49.1 Å². The Balaban J connectivity index is 1.56. The minimum atomic E-state index is -4.17. The van der Waals surface area contributed by atoms with Gasteiger partial charge in [0.1, 0.15) is 11.7 Å². The van der Waals surface area contributed by atoms with Gasteiger partial charge in [0.15, 0.2) is 11.4 Å². The number of fused-ring (bicyclic) bond motifs is 2. The van der Waals surface area contributed by atoms with Gasteiger partial charge in [0.25, 0.3) is 15.1 Å². The molecule has 0 fully saturated rings. The first kappa shape index (κ1) is 22.1. The quantitative estimate of drug-likeness (QED) is 0.241. The van der Waals surface area contributed by atoms with E-state index in [-0.39, 0.29) is 6.54 Å². The lowest BCUT2D eigenvalue weighted by Gasteiger charge is -2.17. The van der Waals surface area contributed by atoms with E-state index < -0.39 is 15.9 Å². The van der Waals surface area contributed by atoms with Gasteiger partial charge < -0.3 is 9.64 Å². The Hall–Kier alpha value is -3.71. The molecule has 0 unspecified atom stereocenters. The second-order valence-electron chi connectivity index (χ2n) is 7.83. The fraction of sp³-hybridized carbons (Fsp3) is 0.120. The number of hydrogen-bond acceptors (Lipinski definition) is 5. The van der Waals surface area contributed by atoms with E-state index in [4.69, 9.17) is 11.3 Å². The smallest absolute Gasteiger partial charge is 0.267 e. The van der Waals surface area contributed by atoms with Crippen LogP contribution in [0.4, 0.5) is 11.4 Å². The molecular weight excluding hydrogens is 470 g/mol. The molecule has 170 valence electrons. The number of aryl methyl sites for hydroxylation is 1. The molecule has 0 amide bonds. The molecule has 0 saturated heterocycles. The summed E-state index contributed by atoms with van der Waals surface area (Å²) in [6, 6.07) is 21.5. The number of rotatable bonds is 5. The molecule has 0 bridgehead atoms. The van der Waals surface area contributed by atoms with Gasteiger partial charge in [-0.3, -0.25) is 4.55 Å². The summed E-state index contributed by atoms with van der Waals surface area (Å²) in [7, 11) is -2.20. The molecule has 7 nitrogen and oxygen atoms in total. The molecule has 9 heteroatoms. The van der Waals surface area contributed by atoms with Crippen LogP contribution in [0.3, 0.4) is 0 Å². The molecule has 5 rings (SSSR count). The third kappa shape index (κ3) is 4.26. The summed E-state index contributed by atoms with van der Waals surface area (Å²) in [6.45, 7) is 7.28.